The molecule has 0 atom stereocenters. The molecule has 0 aliphatic carbocycles. The molecule has 7 heteroatoms. The standard InChI is InChI=1S/C32H30N4O2S/c1-38-28-19-11-14-25(20-28)21-29-33-32(39-35-29)36(22-24-12-5-2-6-13-24)23-30(37)34-31(26-15-7-3-8-16-26)27-17-9-4-10-18-27/h2-20,31H,21-23H2,1H3,(H,34,37). The van der Waals surface area contributed by atoms with Gasteiger partial charge in [0.2, 0.25) is 11.0 Å². The maximum absolute atomic E-state index is 13.5. The van der Waals surface area contributed by atoms with E-state index in [1.807, 2.05) is 108 Å². The number of hydrogen-bond acceptors (Lipinski definition) is 6. The van der Waals surface area contributed by atoms with Gasteiger partial charge in [-0.2, -0.15) is 4.37 Å². The predicted octanol–water partition coefficient (Wildman–Crippen LogP) is 6.05. The van der Waals surface area contributed by atoms with Crippen LogP contribution >= 0.6 is 11.5 Å². The van der Waals surface area contributed by atoms with Crippen LogP contribution in [-0.2, 0) is 17.8 Å². The molecule has 39 heavy (non-hydrogen) atoms. The molecule has 1 heterocycles. The first-order valence-electron chi connectivity index (χ1n) is 12.8. The lowest BCUT2D eigenvalue weighted by Crippen LogP contribution is -2.39. The van der Waals surface area contributed by atoms with Gasteiger partial charge in [0.15, 0.2) is 0 Å². The zero-order valence-electron chi connectivity index (χ0n) is 21.7. The van der Waals surface area contributed by atoms with Gasteiger partial charge in [-0.25, -0.2) is 4.98 Å². The van der Waals surface area contributed by atoms with Crippen molar-refractivity contribution >= 4 is 22.6 Å². The van der Waals surface area contributed by atoms with Crippen molar-refractivity contribution in [2.75, 3.05) is 18.6 Å². The van der Waals surface area contributed by atoms with Crippen molar-refractivity contribution < 1.29 is 9.53 Å². The Balaban J connectivity index is 1.36. The summed E-state index contributed by atoms with van der Waals surface area (Å²) >= 11 is 1.31. The molecule has 0 aliphatic rings. The maximum Gasteiger partial charge on any atom is 0.240 e. The van der Waals surface area contributed by atoms with E-state index in [-0.39, 0.29) is 18.5 Å². The molecule has 1 aromatic heterocycles. The fourth-order valence-electron chi connectivity index (χ4n) is 4.44. The van der Waals surface area contributed by atoms with Crippen LogP contribution in [0.25, 0.3) is 0 Å². The summed E-state index contributed by atoms with van der Waals surface area (Å²) in [6.45, 7) is 0.697. The third-order valence-electron chi connectivity index (χ3n) is 6.35. The largest absolute Gasteiger partial charge is 0.497 e. The summed E-state index contributed by atoms with van der Waals surface area (Å²) in [6.07, 6.45) is 0.586. The van der Waals surface area contributed by atoms with Gasteiger partial charge in [-0.1, -0.05) is 103 Å². The number of nitrogens with zero attached hydrogens (tertiary/aromatic N) is 3. The molecule has 196 valence electrons. The highest BCUT2D eigenvalue weighted by Gasteiger charge is 2.21. The Bertz CT molecular complexity index is 1440. The SMILES string of the molecule is COc1cccc(Cc2nsc(N(CC(=O)NC(c3ccccc3)c3ccccc3)Cc3ccccc3)n2)c1. The number of aromatic nitrogens is 2. The minimum absolute atomic E-state index is 0.0896. The highest BCUT2D eigenvalue weighted by molar-refractivity contribution is 7.09. The molecule has 0 spiro atoms. The molecular formula is C32H30N4O2S. The van der Waals surface area contributed by atoms with E-state index in [0.29, 0.717) is 23.9 Å². The van der Waals surface area contributed by atoms with Crippen LogP contribution in [0.5, 0.6) is 5.75 Å². The van der Waals surface area contributed by atoms with E-state index < -0.39 is 0 Å². The molecule has 0 aliphatic heterocycles. The monoisotopic (exact) mass is 534 g/mol. The number of hydrogen-bond donors (Lipinski definition) is 1. The number of benzene rings is 4. The lowest BCUT2D eigenvalue weighted by atomic mass is 9.99. The van der Waals surface area contributed by atoms with Gasteiger partial charge < -0.3 is 15.0 Å². The lowest BCUT2D eigenvalue weighted by Gasteiger charge is -2.24. The zero-order chi connectivity index (χ0) is 26.9. The lowest BCUT2D eigenvalue weighted by molar-refractivity contribution is -0.120. The molecule has 6 nitrogen and oxygen atoms in total. The molecule has 0 unspecified atom stereocenters. The van der Waals surface area contributed by atoms with E-state index in [2.05, 4.69) is 21.8 Å². The summed E-state index contributed by atoms with van der Waals surface area (Å²) in [4.78, 5) is 20.3. The van der Waals surface area contributed by atoms with Gasteiger partial charge in [0.1, 0.15) is 11.6 Å². The highest BCUT2D eigenvalue weighted by Crippen LogP contribution is 2.24. The third-order valence-corrected chi connectivity index (χ3v) is 7.16. The van der Waals surface area contributed by atoms with Gasteiger partial charge in [-0.05, 0) is 34.4 Å². The first-order valence-corrected chi connectivity index (χ1v) is 13.6. The molecule has 1 N–H and O–H groups in total. The smallest absolute Gasteiger partial charge is 0.240 e. The van der Waals surface area contributed by atoms with Crippen LogP contribution < -0.4 is 15.0 Å². The van der Waals surface area contributed by atoms with Crippen LogP contribution in [0.15, 0.2) is 115 Å². The maximum atomic E-state index is 13.5. The van der Waals surface area contributed by atoms with E-state index in [9.17, 15) is 4.79 Å². The average Bonchev–Trinajstić information content (AvgIpc) is 3.45. The summed E-state index contributed by atoms with van der Waals surface area (Å²) in [7, 11) is 1.66. The number of ether oxygens (including phenoxy) is 1. The molecule has 0 bridgehead atoms. The molecule has 1 amide bonds. The number of anilines is 1. The van der Waals surface area contributed by atoms with E-state index in [1.165, 1.54) is 11.5 Å². The quantitative estimate of drug-likeness (QED) is 0.223. The second-order valence-corrected chi connectivity index (χ2v) is 9.92. The second kappa shape index (κ2) is 12.8. The first-order chi connectivity index (χ1) is 19.2. The summed E-state index contributed by atoms with van der Waals surface area (Å²) < 4.78 is 9.96. The second-order valence-electron chi connectivity index (χ2n) is 9.19. The molecule has 5 rings (SSSR count). The van der Waals surface area contributed by atoms with Crippen LogP contribution in [0.1, 0.15) is 34.1 Å². The van der Waals surface area contributed by atoms with Gasteiger partial charge >= 0.3 is 0 Å². The number of rotatable bonds is 11. The fraction of sp³-hybridized carbons (Fsp3) is 0.156. The molecular weight excluding hydrogens is 504 g/mol. The number of amides is 1. The molecule has 0 saturated heterocycles. The van der Waals surface area contributed by atoms with Crippen LogP contribution in [-0.4, -0.2) is 28.9 Å². The number of methoxy groups -OCH3 is 1. The van der Waals surface area contributed by atoms with Gasteiger partial charge in [-0.3, -0.25) is 4.79 Å². The Labute approximate surface area is 233 Å². The minimum Gasteiger partial charge on any atom is -0.497 e. The summed E-state index contributed by atoms with van der Waals surface area (Å²) in [5.41, 5.74) is 4.23. The number of carbonyl (C=O) groups is 1. The average molecular weight is 535 g/mol. The first kappa shape index (κ1) is 26.1. The Kier molecular flexibility index (Phi) is 8.61. The Morgan fingerprint density at radius 1 is 0.846 bits per heavy atom. The third kappa shape index (κ3) is 7.09. The van der Waals surface area contributed by atoms with Gasteiger partial charge in [0.25, 0.3) is 0 Å². The van der Waals surface area contributed by atoms with E-state index >= 15 is 0 Å². The van der Waals surface area contributed by atoms with Crippen molar-refractivity contribution in [2.45, 2.75) is 19.0 Å². The van der Waals surface area contributed by atoms with Crippen molar-refractivity contribution in [1.29, 1.82) is 0 Å². The Morgan fingerprint density at radius 3 is 2.10 bits per heavy atom. The predicted molar refractivity (Wildman–Crippen MR) is 156 cm³/mol. The Hall–Kier alpha value is -4.49. The molecule has 4 aromatic carbocycles. The van der Waals surface area contributed by atoms with E-state index in [4.69, 9.17) is 9.72 Å². The van der Waals surface area contributed by atoms with Crippen LogP contribution in [0, 0.1) is 0 Å². The summed E-state index contributed by atoms with van der Waals surface area (Å²) in [5.74, 6) is 1.43. The van der Waals surface area contributed by atoms with Crippen molar-refractivity contribution in [3.8, 4) is 5.75 Å². The van der Waals surface area contributed by atoms with Gasteiger partial charge in [0, 0.05) is 24.5 Å². The van der Waals surface area contributed by atoms with Crippen molar-refractivity contribution in [1.82, 2.24) is 14.7 Å². The fourth-order valence-corrected chi connectivity index (χ4v) is 5.12. The van der Waals surface area contributed by atoms with Crippen LogP contribution in [0.4, 0.5) is 5.13 Å². The van der Waals surface area contributed by atoms with E-state index in [1.54, 1.807) is 7.11 Å². The molecule has 0 fully saturated rings. The van der Waals surface area contributed by atoms with Crippen molar-refractivity contribution in [3.63, 3.8) is 0 Å². The Morgan fingerprint density at radius 2 is 1.46 bits per heavy atom. The summed E-state index contributed by atoms with van der Waals surface area (Å²) in [6, 6.07) is 37.8. The number of nitrogens with one attached hydrogen (secondary N) is 1. The highest BCUT2D eigenvalue weighted by atomic mass is 32.1. The van der Waals surface area contributed by atoms with E-state index in [0.717, 1.165) is 28.0 Å². The molecule has 0 saturated carbocycles. The van der Waals surface area contributed by atoms with Gasteiger partial charge in [0.05, 0.1) is 19.7 Å². The summed E-state index contributed by atoms with van der Waals surface area (Å²) in [5, 5.41) is 3.97. The topological polar surface area (TPSA) is 67.3 Å². The van der Waals surface area contributed by atoms with Crippen LogP contribution in [0.3, 0.4) is 0 Å². The minimum atomic E-state index is -0.253. The van der Waals surface area contributed by atoms with Crippen molar-refractivity contribution in [3.05, 3.63) is 143 Å². The normalized spacial score (nSPS) is 10.8. The van der Waals surface area contributed by atoms with Gasteiger partial charge in [-0.15, -0.1) is 0 Å². The molecule has 5 aromatic rings. The number of carbonyl (C=O) groups excluding carboxylic acids is 1. The molecule has 0 radical (unpaired) electrons. The van der Waals surface area contributed by atoms with Crippen molar-refractivity contribution in [2.24, 2.45) is 0 Å². The zero-order valence-corrected chi connectivity index (χ0v) is 22.6. The van der Waals surface area contributed by atoms with Crippen LogP contribution in [0.2, 0.25) is 0 Å².